The lowest BCUT2D eigenvalue weighted by atomic mass is 9.99. The fourth-order valence-corrected chi connectivity index (χ4v) is 8.23. The Morgan fingerprint density at radius 3 is 2.56 bits per heavy atom. The van der Waals surface area contributed by atoms with Gasteiger partial charge in [0.2, 0.25) is 15.8 Å². The van der Waals surface area contributed by atoms with Crippen LogP contribution in [0.2, 0.25) is 0 Å². The van der Waals surface area contributed by atoms with Crippen molar-refractivity contribution in [1.82, 2.24) is 14.6 Å². The molecule has 3 aliphatic heterocycles. The van der Waals surface area contributed by atoms with Crippen LogP contribution in [0.5, 0.6) is 17.2 Å². The first-order chi connectivity index (χ1) is 23.6. The molecule has 50 heavy (non-hydrogen) atoms. The van der Waals surface area contributed by atoms with E-state index in [2.05, 4.69) is 10.3 Å². The van der Waals surface area contributed by atoms with Gasteiger partial charge in [-0.3, -0.25) is 10.2 Å². The highest BCUT2D eigenvalue weighted by atomic mass is 32.2. The number of aryl methyl sites for hydroxylation is 1. The molecule has 0 saturated carbocycles. The molecule has 2 saturated heterocycles. The maximum absolute atomic E-state index is 13.9. The number of benzene rings is 2. The minimum absolute atomic E-state index is 0.0387. The number of ether oxygens (including phenoxy) is 6. The fourth-order valence-electron chi connectivity index (χ4n) is 5.97. The lowest BCUT2D eigenvalue weighted by molar-refractivity contribution is -0.385. The molecule has 0 aliphatic carbocycles. The van der Waals surface area contributed by atoms with Crippen molar-refractivity contribution in [1.29, 1.82) is 0 Å². The van der Waals surface area contributed by atoms with E-state index in [4.69, 9.17) is 28.4 Å². The Morgan fingerprint density at radius 1 is 1.12 bits per heavy atom. The number of hydrogen-bond donors (Lipinski definition) is 5. The number of carbonyl (C=O) groups excluding carboxylic acids is 1. The van der Waals surface area contributed by atoms with Crippen molar-refractivity contribution in [2.45, 2.75) is 81.5 Å². The van der Waals surface area contributed by atoms with Crippen molar-refractivity contribution in [3.63, 3.8) is 0 Å². The number of alkyl carbamates (subject to hydrolysis) is 1. The molecule has 2 aromatic carbocycles. The predicted octanol–water partition coefficient (Wildman–Crippen LogP) is 1.58. The van der Waals surface area contributed by atoms with E-state index in [1.165, 1.54) is 23.5 Å². The molecule has 2 fully saturated rings. The highest BCUT2D eigenvalue weighted by molar-refractivity contribution is 7.89. The Bertz CT molecular complexity index is 1790. The van der Waals surface area contributed by atoms with E-state index in [1.54, 1.807) is 38.1 Å². The Labute approximate surface area is 292 Å². The van der Waals surface area contributed by atoms with Gasteiger partial charge in [0.25, 0.3) is 0 Å². The average molecular weight is 738 g/mol. The van der Waals surface area contributed by atoms with E-state index < -0.39 is 65.0 Å². The summed E-state index contributed by atoms with van der Waals surface area (Å²) in [6, 6.07) is 8.68. The van der Waals surface area contributed by atoms with Gasteiger partial charge in [0.05, 0.1) is 40.3 Å². The maximum Gasteiger partial charge on any atom is 0.505 e. The minimum Gasteiger partial charge on any atom is -0.487 e. The number of nitrogens with one attached hydrogen (secondary N) is 1. The summed E-state index contributed by atoms with van der Waals surface area (Å²) >= 11 is 1.52. The SMILES string of the molecule is Cc1nc(COc2ccc(CC(NC(=O)OC3(O)COC4OCCC43)C(O)CN(C(C)C)S(=O)(=O)c3ccc4c(c3)OC(O)(O)O4)cc2)cs1. The van der Waals surface area contributed by atoms with Gasteiger partial charge in [-0.15, -0.1) is 11.3 Å². The van der Waals surface area contributed by atoms with E-state index >= 15 is 0 Å². The molecule has 5 unspecified atom stereocenters. The summed E-state index contributed by atoms with van der Waals surface area (Å²) < 4.78 is 60.6. The number of fused-ring (bicyclic) bond motifs is 2. The van der Waals surface area contributed by atoms with Crippen molar-refractivity contribution >= 4 is 27.5 Å². The van der Waals surface area contributed by atoms with Crippen LogP contribution in [0.4, 0.5) is 4.79 Å². The van der Waals surface area contributed by atoms with E-state index in [0.717, 1.165) is 21.1 Å². The molecule has 18 heteroatoms. The maximum atomic E-state index is 13.9. The van der Waals surface area contributed by atoms with E-state index in [9.17, 15) is 33.6 Å². The zero-order chi connectivity index (χ0) is 35.8. The lowest BCUT2D eigenvalue weighted by Gasteiger charge is -2.33. The number of aromatic nitrogens is 1. The van der Waals surface area contributed by atoms with Crippen molar-refractivity contribution < 1.29 is 62.1 Å². The van der Waals surface area contributed by atoms with Gasteiger partial charge in [0.15, 0.2) is 17.8 Å². The van der Waals surface area contributed by atoms with E-state index in [0.29, 0.717) is 24.3 Å². The number of rotatable bonds is 13. The van der Waals surface area contributed by atoms with Gasteiger partial charge in [-0.1, -0.05) is 12.1 Å². The molecule has 5 atom stereocenters. The molecule has 16 nitrogen and oxygen atoms in total. The number of hydrogen-bond acceptors (Lipinski definition) is 15. The zero-order valence-electron chi connectivity index (χ0n) is 27.4. The topological polar surface area (TPSA) is 216 Å². The molecule has 5 N–H and O–H groups in total. The minimum atomic E-state index is -4.32. The Balaban J connectivity index is 1.19. The largest absolute Gasteiger partial charge is 0.505 e. The molecule has 4 heterocycles. The molecule has 0 bridgehead atoms. The summed E-state index contributed by atoms with van der Waals surface area (Å²) in [5.74, 6) is -2.26. The second kappa shape index (κ2) is 14.2. The van der Waals surface area contributed by atoms with Crippen LogP contribution in [0.3, 0.4) is 0 Å². The number of aliphatic hydroxyl groups excluding tert-OH is 1. The summed E-state index contributed by atoms with van der Waals surface area (Å²) in [6.07, 6.45) is -5.73. The van der Waals surface area contributed by atoms with Crippen LogP contribution in [0, 0.1) is 12.8 Å². The first-order valence-electron chi connectivity index (χ1n) is 15.9. The highest BCUT2D eigenvalue weighted by Crippen LogP contribution is 2.40. The van der Waals surface area contributed by atoms with Crippen molar-refractivity contribution in [3.8, 4) is 17.2 Å². The molecule has 0 radical (unpaired) electrons. The van der Waals surface area contributed by atoms with Gasteiger partial charge >= 0.3 is 12.3 Å². The van der Waals surface area contributed by atoms with Gasteiger partial charge in [-0.05, 0) is 63.4 Å². The molecule has 0 spiro atoms. The summed E-state index contributed by atoms with van der Waals surface area (Å²) in [5, 5.41) is 47.4. The van der Waals surface area contributed by atoms with Crippen LogP contribution >= 0.6 is 11.3 Å². The third-order valence-electron chi connectivity index (χ3n) is 8.49. The molecule has 3 aromatic rings. The Morgan fingerprint density at radius 2 is 1.86 bits per heavy atom. The van der Waals surface area contributed by atoms with Crippen LogP contribution < -0.4 is 19.5 Å². The second-order valence-electron chi connectivity index (χ2n) is 12.5. The van der Waals surface area contributed by atoms with E-state index in [1.807, 2.05) is 12.3 Å². The standard InChI is InChI=1S/C32H39N3O13S2/c1-18(2)35(50(41,42)23-8-9-27-28(13-23)47-32(39,40)46-27)14-26(36)25(34-30(37)48-31(38)17-45-29-24(31)10-11-43-29)12-20-4-6-22(7-5-20)44-15-21-16-49-19(3)33-21/h4-9,13,16,18,24-26,29,36,38-40H,10-12,14-15,17H2,1-3H3,(H,34,37). The van der Waals surface area contributed by atoms with Crippen LogP contribution in [0.25, 0.3) is 0 Å². The fraction of sp³-hybridized carbons (Fsp3) is 0.500. The molecule has 1 amide bonds. The third-order valence-corrected chi connectivity index (χ3v) is 11.4. The van der Waals surface area contributed by atoms with Gasteiger partial charge in [0.1, 0.15) is 19.0 Å². The average Bonchev–Trinajstić information content (AvgIpc) is 3.83. The molecule has 6 rings (SSSR count). The summed E-state index contributed by atoms with van der Waals surface area (Å²) in [4.78, 5) is 17.4. The van der Waals surface area contributed by atoms with Gasteiger partial charge in [-0.2, -0.15) is 4.31 Å². The summed E-state index contributed by atoms with van der Waals surface area (Å²) in [6.45, 7) is 4.98. The summed E-state index contributed by atoms with van der Waals surface area (Å²) in [7, 11) is -4.32. The van der Waals surface area contributed by atoms with Gasteiger partial charge in [-0.25, -0.2) is 18.2 Å². The third kappa shape index (κ3) is 7.98. The van der Waals surface area contributed by atoms with Crippen molar-refractivity contribution in [2.24, 2.45) is 5.92 Å². The number of nitrogens with zero attached hydrogens (tertiary/aromatic N) is 2. The van der Waals surface area contributed by atoms with Crippen molar-refractivity contribution in [3.05, 3.63) is 64.1 Å². The molecule has 272 valence electrons. The molecular formula is C32H39N3O13S2. The number of sulfonamides is 1. The first kappa shape index (κ1) is 36.2. The number of aliphatic hydroxyl groups is 4. The Hall–Kier alpha value is -3.59. The van der Waals surface area contributed by atoms with Crippen molar-refractivity contribution in [2.75, 3.05) is 19.8 Å². The molecule has 3 aliphatic rings. The quantitative estimate of drug-likeness (QED) is 0.158. The smallest absolute Gasteiger partial charge is 0.487 e. The van der Waals surface area contributed by atoms with Crippen LogP contribution in [-0.4, -0.2) is 100 Å². The van der Waals surface area contributed by atoms with E-state index in [-0.39, 0.29) is 36.0 Å². The first-order valence-corrected chi connectivity index (χ1v) is 18.2. The van der Waals surface area contributed by atoms with Crippen LogP contribution in [0.1, 0.15) is 36.5 Å². The van der Waals surface area contributed by atoms with Gasteiger partial charge < -0.3 is 44.0 Å². The monoisotopic (exact) mass is 737 g/mol. The lowest BCUT2D eigenvalue weighted by Crippen LogP contribution is -2.54. The summed E-state index contributed by atoms with van der Waals surface area (Å²) in [5.41, 5.74) is 1.47. The number of thiazole rings is 1. The van der Waals surface area contributed by atoms with Crippen LogP contribution in [-0.2, 0) is 37.3 Å². The number of amides is 1. The number of carbonyl (C=O) groups is 1. The second-order valence-corrected chi connectivity index (χ2v) is 15.5. The normalized spacial score (nSPS) is 23.5. The molecular weight excluding hydrogens is 698 g/mol. The predicted molar refractivity (Wildman–Crippen MR) is 173 cm³/mol. The zero-order valence-corrected chi connectivity index (χ0v) is 29.1. The Kier molecular flexibility index (Phi) is 10.3. The van der Waals surface area contributed by atoms with Crippen LogP contribution in [0.15, 0.2) is 52.7 Å². The van der Waals surface area contributed by atoms with Gasteiger partial charge in [0, 0.05) is 24.0 Å². The highest BCUT2D eigenvalue weighted by Gasteiger charge is 2.55. The molecule has 1 aromatic heterocycles.